The van der Waals surface area contributed by atoms with Crippen molar-refractivity contribution in [2.24, 2.45) is 0 Å². The van der Waals surface area contributed by atoms with E-state index in [0.29, 0.717) is 11.4 Å². The topological polar surface area (TPSA) is 48.7 Å². The Kier molecular flexibility index (Phi) is 3.06. The molecule has 0 saturated carbocycles. The summed E-state index contributed by atoms with van der Waals surface area (Å²) in [6, 6.07) is 11.7. The molecule has 0 aliphatic heterocycles. The fraction of sp³-hybridized carbons (Fsp3) is 0.143. The van der Waals surface area contributed by atoms with Gasteiger partial charge in [0.05, 0.1) is 11.6 Å². The Morgan fingerprint density at radius 2 is 2.00 bits per heavy atom. The molecular weight excluding hydrogens is 210 g/mol. The lowest BCUT2D eigenvalue weighted by atomic mass is 10.1. The summed E-state index contributed by atoms with van der Waals surface area (Å²) >= 11 is 0. The van der Waals surface area contributed by atoms with Crippen LogP contribution in [0.4, 0.5) is 11.5 Å². The third-order valence-electron chi connectivity index (χ3n) is 2.53. The molecule has 0 unspecified atom stereocenters. The molecule has 3 heteroatoms. The number of nitrogens with one attached hydrogen (secondary N) is 1. The van der Waals surface area contributed by atoms with Crippen LogP contribution in [0.3, 0.4) is 0 Å². The molecule has 0 spiro atoms. The van der Waals surface area contributed by atoms with Gasteiger partial charge in [0.1, 0.15) is 5.82 Å². The van der Waals surface area contributed by atoms with Crippen LogP contribution >= 0.6 is 0 Å². The Morgan fingerprint density at radius 1 is 1.18 bits per heavy atom. The minimum Gasteiger partial charge on any atom is -0.340 e. The first-order chi connectivity index (χ1) is 8.19. The summed E-state index contributed by atoms with van der Waals surface area (Å²) in [5.74, 6) is 0.691. The SMILES string of the molecule is Cc1ccc(Nc2cc(C#N)ccn2)c(C)c1. The molecule has 0 saturated heterocycles. The lowest BCUT2D eigenvalue weighted by Crippen LogP contribution is -1.96. The predicted octanol–water partition coefficient (Wildman–Crippen LogP) is 3.31. The van der Waals surface area contributed by atoms with Crippen LogP contribution in [0.15, 0.2) is 36.5 Å². The molecule has 1 aromatic heterocycles. The van der Waals surface area contributed by atoms with Crippen molar-refractivity contribution < 1.29 is 0 Å². The van der Waals surface area contributed by atoms with Crippen LogP contribution in [-0.2, 0) is 0 Å². The number of anilines is 2. The van der Waals surface area contributed by atoms with Crippen LogP contribution in [0.1, 0.15) is 16.7 Å². The van der Waals surface area contributed by atoms with Crippen LogP contribution in [0.5, 0.6) is 0 Å². The summed E-state index contributed by atoms with van der Waals surface area (Å²) in [4.78, 5) is 4.18. The van der Waals surface area contributed by atoms with E-state index in [2.05, 4.69) is 29.4 Å². The van der Waals surface area contributed by atoms with Gasteiger partial charge >= 0.3 is 0 Å². The minimum absolute atomic E-state index is 0.604. The standard InChI is InChI=1S/C14H13N3/c1-10-3-4-13(11(2)7-10)17-14-8-12(9-15)5-6-16-14/h3-8H,1-2H3,(H,16,17). The van der Waals surface area contributed by atoms with Gasteiger partial charge in [-0.1, -0.05) is 17.7 Å². The lowest BCUT2D eigenvalue weighted by Gasteiger charge is -2.09. The van der Waals surface area contributed by atoms with Crippen molar-refractivity contribution in [1.29, 1.82) is 5.26 Å². The van der Waals surface area contributed by atoms with Gasteiger partial charge in [0.15, 0.2) is 0 Å². The Labute approximate surface area is 101 Å². The van der Waals surface area contributed by atoms with Crippen LogP contribution in [0.25, 0.3) is 0 Å². The van der Waals surface area contributed by atoms with Crippen molar-refractivity contribution in [2.75, 3.05) is 5.32 Å². The van der Waals surface area contributed by atoms with E-state index in [1.807, 2.05) is 19.1 Å². The molecular formula is C14H13N3. The number of pyridine rings is 1. The maximum absolute atomic E-state index is 8.81. The first-order valence-electron chi connectivity index (χ1n) is 5.39. The second kappa shape index (κ2) is 4.67. The number of aromatic nitrogens is 1. The number of hydrogen-bond donors (Lipinski definition) is 1. The highest BCUT2D eigenvalue weighted by Crippen LogP contribution is 2.20. The van der Waals surface area contributed by atoms with Crippen LogP contribution in [0.2, 0.25) is 0 Å². The van der Waals surface area contributed by atoms with E-state index in [-0.39, 0.29) is 0 Å². The van der Waals surface area contributed by atoms with Gasteiger partial charge in [0, 0.05) is 11.9 Å². The molecule has 2 aromatic rings. The predicted molar refractivity (Wildman–Crippen MR) is 68.2 cm³/mol. The Bertz CT molecular complexity index is 582. The second-order valence-corrected chi connectivity index (χ2v) is 3.98. The first-order valence-corrected chi connectivity index (χ1v) is 5.39. The van der Waals surface area contributed by atoms with Gasteiger partial charge in [-0.15, -0.1) is 0 Å². The summed E-state index contributed by atoms with van der Waals surface area (Å²) in [5.41, 5.74) is 4.01. The van der Waals surface area contributed by atoms with E-state index in [1.54, 1.807) is 18.3 Å². The third-order valence-corrected chi connectivity index (χ3v) is 2.53. The Hall–Kier alpha value is -2.34. The van der Waals surface area contributed by atoms with Gasteiger partial charge in [-0.05, 0) is 37.6 Å². The molecule has 17 heavy (non-hydrogen) atoms. The molecule has 0 aliphatic rings. The summed E-state index contributed by atoms with van der Waals surface area (Å²) < 4.78 is 0. The number of rotatable bonds is 2. The zero-order valence-electron chi connectivity index (χ0n) is 9.86. The molecule has 1 heterocycles. The molecule has 0 amide bonds. The van der Waals surface area contributed by atoms with E-state index < -0.39 is 0 Å². The smallest absolute Gasteiger partial charge is 0.131 e. The molecule has 0 bridgehead atoms. The molecule has 2 rings (SSSR count). The van der Waals surface area contributed by atoms with Crippen LogP contribution in [0, 0.1) is 25.2 Å². The highest BCUT2D eigenvalue weighted by molar-refractivity contribution is 5.61. The molecule has 1 N–H and O–H groups in total. The maximum atomic E-state index is 8.81. The monoisotopic (exact) mass is 223 g/mol. The van der Waals surface area contributed by atoms with Gasteiger partial charge in [-0.25, -0.2) is 4.98 Å². The molecule has 0 radical (unpaired) electrons. The van der Waals surface area contributed by atoms with Crippen molar-refractivity contribution in [2.45, 2.75) is 13.8 Å². The number of hydrogen-bond acceptors (Lipinski definition) is 3. The number of nitrogens with zero attached hydrogens (tertiary/aromatic N) is 2. The quantitative estimate of drug-likeness (QED) is 0.849. The number of aryl methyl sites for hydroxylation is 2. The highest BCUT2D eigenvalue weighted by Gasteiger charge is 2.01. The fourth-order valence-electron chi connectivity index (χ4n) is 1.66. The summed E-state index contributed by atoms with van der Waals surface area (Å²) in [6.07, 6.45) is 1.63. The lowest BCUT2D eigenvalue weighted by molar-refractivity contribution is 1.28. The van der Waals surface area contributed by atoms with E-state index in [0.717, 1.165) is 11.3 Å². The van der Waals surface area contributed by atoms with Crippen molar-refractivity contribution in [3.8, 4) is 6.07 Å². The Balaban J connectivity index is 2.28. The van der Waals surface area contributed by atoms with Crippen molar-refractivity contribution in [1.82, 2.24) is 4.98 Å². The van der Waals surface area contributed by atoms with Crippen LogP contribution in [-0.4, -0.2) is 4.98 Å². The van der Waals surface area contributed by atoms with Gasteiger partial charge < -0.3 is 5.32 Å². The molecule has 84 valence electrons. The maximum Gasteiger partial charge on any atom is 0.131 e. The summed E-state index contributed by atoms with van der Waals surface area (Å²) in [7, 11) is 0. The van der Waals surface area contributed by atoms with Crippen LogP contribution < -0.4 is 5.32 Å². The van der Waals surface area contributed by atoms with E-state index in [1.165, 1.54) is 5.56 Å². The zero-order chi connectivity index (χ0) is 12.3. The summed E-state index contributed by atoms with van der Waals surface area (Å²) in [5, 5.41) is 12.0. The molecule has 0 fully saturated rings. The highest BCUT2D eigenvalue weighted by atomic mass is 15.0. The average molecular weight is 223 g/mol. The molecule has 0 aliphatic carbocycles. The largest absolute Gasteiger partial charge is 0.340 e. The molecule has 1 aromatic carbocycles. The third kappa shape index (κ3) is 2.61. The molecule has 3 nitrogen and oxygen atoms in total. The summed E-state index contributed by atoms with van der Waals surface area (Å²) in [6.45, 7) is 4.11. The van der Waals surface area contributed by atoms with E-state index >= 15 is 0 Å². The fourth-order valence-corrected chi connectivity index (χ4v) is 1.66. The van der Waals surface area contributed by atoms with Crippen molar-refractivity contribution >= 4 is 11.5 Å². The average Bonchev–Trinajstić information content (AvgIpc) is 2.33. The normalized spacial score (nSPS) is 9.71. The number of nitriles is 1. The first kappa shape index (κ1) is 11.2. The van der Waals surface area contributed by atoms with Gasteiger partial charge in [0.2, 0.25) is 0 Å². The zero-order valence-corrected chi connectivity index (χ0v) is 9.86. The van der Waals surface area contributed by atoms with Gasteiger partial charge in [0.25, 0.3) is 0 Å². The van der Waals surface area contributed by atoms with E-state index in [4.69, 9.17) is 5.26 Å². The van der Waals surface area contributed by atoms with Gasteiger partial charge in [-0.2, -0.15) is 5.26 Å². The Morgan fingerprint density at radius 3 is 2.71 bits per heavy atom. The van der Waals surface area contributed by atoms with Crippen molar-refractivity contribution in [3.63, 3.8) is 0 Å². The molecule has 0 atom stereocenters. The number of benzene rings is 1. The van der Waals surface area contributed by atoms with Gasteiger partial charge in [-0.3, -0.25) is 0 Å². The minimum atomic E-state index is 0.604. The van der Waals surface area contributed by atoms with E-state index in [9.17, 15) is 0 Å². The second-order valence-electron chi connectivity index (χ2n) is 3.98. The van der Waals surface area contributed by atoms with Crippen molar-refractivity contribution in [3.05, 3.63) is 53.2 Å².